The fraction of sp³-hybridized carbons (Fsp3) is 0.500. The smallest absolute Gasteiger partial charge is 0.261 e. The molecule has 2 aliphatic rings. The van der Waals surface area contributed by atoms with Gasteiger partial charge in [-0.25, -0.2) is 0 Å². The topological polar surface area (TPSA) is 54.3 Å². The number of fused-ring (bicyclic) bond motifs is 2. The third-order valence-electron chi connectivity index (χ3n) is 5.05. The molecule has 1 amide bonds. The third kappa shape index (κ3) is 2.60. The maximum absolute atomic E-state index is 13.1. The van der Waals surface area contributed by atoms with Crippen molar-refractivity contribution < 1.29 is 4.79 Å². The van der Waals surface area contributed by atoms with Crippen molar-refractivity contribution in [3.05, 3.63) is 41.5 Å². The van der Waals surface area contributed by atoms with Gasteiger partial charge in [-0.05, 0) is 50.9 Å². The van der Waals surface area contributed by atoms with Crippen LogP contribution in [0.5, 0.6) is 0 Å². The standard InChI is InChI=1S/C18H23N5O/c1-21(2)12-13-4-8-23-17(9-13)15(11-20-23)18(24)22-7-5-14-10-19-6-3-16(14)22/h3,6,10-11,13H,4-5,7-9,12H2,1-2H3/t13-/m0/s1. The summed E-state index contributed by atoms with van der Waals surface area (Å²) in [4.78, 5) is 21.4. The van der Waals surface area contributed by atoms with Gasteiger partial charge in [-0.15, -0.1) is 0 Å². The van der Waals surface area contributed by atoms with E-state index in [0.29, 0.717) is 5.92 Å². The van der Waals surface area contributed by atoms with Crippen LogP contribution in [0.2, 0.25) is 0 Å². The fourth-order valence-electron chi connectivity index (χ4n) is 3.93. The first-order valence-corrected chi connectivity index (χ1v) is 8.57. The number of carbonyl (C=O) groups is 1. The summed E-state index contributed by atoms with van der Waals surface area (Å²) >= 11 is 0. The molecule has 2 aromatic heterocycles. The number of pyridine rings is 1. The highest BCUT2D eigenvalue weighted by atomic mass is 16.2. The van der Waals surface area contributed by atoms with Gasteiger partial charge in [0.15, 0.2) is 0 Å². The van der Waals surface area contributed by atoms with Gasteiger partial charge in [-0.1, -0.05) is 0 Å². The average molecular weight is 325 g/mol. The summed E-state index contributed by atoms with van der Waals surface area (Å²) in [5, 5.41) is 4.46. The van der Waals surface area contributed by atoms with Crippen LogP contribution in [0.25, 0.3) is 0 Å². The second-order valence-electron chi connectivity index (χ2n) is 7.06. The number of anilines is 1. The lowest BCUT2D eigenvalue weighted by Crippen LogP contribution is -2.32. The quantitative estimate of drug-likeness (QED) is 0.860. The minimum absolute atomic E-state index is 0.0757. The largest absolute Gasteiger partial charge is 0.309 e. The van der Waals surface area contributed by atoms with Crippen molar-refractivity contribution in [2.24, 2.45) is 5.92 Å². The van der Waals surface area contributed by atoms with E-state index in [1.54, 1.807) is 12.4 Å². The zero-order valence-electron chi connectivity index (χ0n) is 14.3. The Hall–Kier alpha value is -2.21. The highest BCUT2D eigenvalue weighted by Gasteiger charge is 2.31. The molecule has 0 aliphatic carbocycles. The van der Waals surface area contributed by atoms with Gasteiger partial charge in [0.05, 0.1) is 23.1 Å². The first-order valence-electron chi connectivity index (χ1n) is 8.57. The van der Waals surface area contributed by atoms with Gasteiger partial charge in [0.1, 0.15) is 0 Å². The SMILES string of the molecule is CN(C)C[C@H]1CCn2ncc(C(=O)N3CCc4cnccc43)c2C1. The predicted molar refractivity (Wildman–Crippen MR) is 92.2 cm³/mol. The van der Waals surface area contributed by atoms with E-state index in [9.17, 15) is 4.79 Å². The summed E-state index contributed by atoms with van der Waals surface area (Å²) in [7, 11) is 4.21. The maximum Gasteiger partial charge on any atom is 0.261 e. The number of aromatic nitrogens is 3. The monoisotopic (exact) mass is 325 g/mol. The number of aryl methyl sites for hydroxylation is 1. The Morgan fingerprint density at radius 3 is 3.04 bits per heavy atom. The van der Waals surface area contributed by atoms with Gasteiger partial charge in [-0.2, -0.15) is 5.10 Å². The van der Waals surface area contributed by atoms with Crippen LogP contribution in [-0.2, 0) is 19.4 Å². The molecular weight excluding hydrogens is 302 g/mol. The van der Waals surface area contributed by atoms with E-state index < -0.39 is 0 Å². The van der Waals surface area contributed by atoms with Gasteiger partial charge < -0.3 is 9.80 Å². The molecule has 0 bridgehead atoms. The first kappa shape index (κ1) is 15.3. The summed E-state index contributed by atoms with van der Waals surface area (Å²) in [6, 6.07) is 1.94. The second kappa shape index (κ2) is 6.02. The van der Waals surface area contributed by atoms with Crippen LogP contribution in [0.1, 0.15) is 28.0 Å². The van der Waals surface area contributed by atoms with Gasteiger partial charge in [0.2, 0.25) is 0 Å². The van der Waals surface area contributed by atoms with Crippen molar-refractivity contribution in [3.8, 4) is 0 Å². The molecule has 0 N–H and O–H groups in total. The van der Waals surface area contributed by atoms with Crippen molar-refractivity contribution in [1.29, 1.82) is 0 Å². The Labute approximate surface area is 142 Å². The summed E-state index contributed by atoms with van der Waals surface area (Å²) in [5.74, 6) is 0.664. The number of hydrogen-bond acceptors (Lipinski definition) is 4. The second-order valence-corrected chi connectivity index (χ2v) is 7.06. The molecule has 0 saturated carbocycles. The van der Waals surface area contributed by atoms with Crippen LogP contribution < -0.4 is 4.90 Å². The molecule has 0 unspecified atom stereocenters. The van der Waals surface area contributed by atoms with Crippen LogP contribution in [0, 0.1) is 5.92 Å². The average Bonchev–Trinajstić information content (AvgIpc) is 3.17. The Morgan fingerprint density at radius 1 is 1.33 bits per heavy atom. The highest BCUT2D eigenvalue weighted by molar-refractivity contribution is 6.07. The first-order chi connectivity index (χ1) is 11.6. The lowest BCUT2D eigenvalue weighted by atomic mass is 9.93. The van der Waals surface area contributed by atoms with E-state index in [0.717, 1.165) is 61.4 Å². The van der Waals surface area contributed by atoms with Crippen molar-refractivity contribution in [2.75, 3.05) is 32.1 Å². The Morgan fingerprint density at radius 2 is 2.21 bits per heavy atom. The normalized spacial score (nSPS) is 19.5. The lowest BCUT2D eigenvalue weighted by Gasteiger charge is -2.27. The molecule has 0 radical (unpaired) electrons. The summed E-state index contributed by atoms with van der Waals surface area (Å²) in [5.41, 5.74) is 4.01. The Bertz CT molecular complexity index is 767. The minimum atomic E-state index is 0.0757. The minimum Gasteiger partial charge on any atom is -0.309 e. The summed E-state index contributed by atoms with van der Waals surface area (Å²) in [6.07, 6.45) is 8.31. The molecular formula is C18H23N5O. The molecule has 0 spiro atoms. The van der Waals surface area contributed by atoms with Gasteiger partial charge in [-0.3, -0.25) is 14.5 Å². The maximum atomic E-state index is 13.1. The van der Waals surface area contributed by atoms with Crippen LogP contribution in [0.3, 0.4) is 0 Å². The third-order valence-corrected chi connectivity index (χ3v) is 5.05. The zero-order chi connectivity index (χ0) is 16.7. The molecule has 0 fully saturated rings. The van der Waals surface area contributed by atoms with Crippen molar-refractivity contribution in [1.82, 2.24) is 19.7 Å². The van der Waals surface area contributed by atoms with Crippen molar-refractivity contribution >= 4 is 11.6 Å². The number of rotatable bonds is 3. The molecule has 6 heteroatoms. The zero-order valence-corrected chi connectivity index (χ0v) is 14.3. The number of carbonyl (C=O) groups excluding carboxylic acids is 1. The van der Waals surface area contributed by atoms with Gasteiger partial charge in [0, 0.05) is 32.0 Å². The Kier molecular flexibility index (Phi) is 3.84. The van der Waals surface area contributed by atoms with E-state index in [-0.39, 0.29) is 5.91 Å². The van der Waals surface area contributed by atoms with Crippen molar-refractivity contribution in [3.63, 3.8) is 0 Å². The number of hydrogen-bond donors (Lipinski definition) is 0. The number of nitrogens with zero attached hydrogens (tertiary/aromatic N) is 5. The molecule has 4 rings (SSSR count). The van der Waals surface area contributed by atoms with Gasteiger partial charge in [0.25, 0.3) is 5.91 Å². The number of amides is 1. The lowest BCUT2D eigenvalue weighted by molar-refractivity contribution is 0.0987. The molecule has 6 nitrogen and oxygen atoms in total. The van der Waals surface area contributed by atoms with E-state index in [1.807, 2.05) is 21.8 Å². The predicted octanol–water partition coefficient (Wildman–Crippen LogP) is 1.60. The van der Waals surface area contributed by atoms with E-state index in [4.69, 9.17) is 0 Å². The van der Waals surface area contributed by atoms with E-state index in [1.165, 1.54) is 0 Å². The molecule has 24 heavy (non-hydrogen) atoms. The van der Waals surface area contributed by atoms with Crippen LogP contribution in [-0.4, -0.2) is 52.8 Å². The summed E-state index contributed by atoms with van der Waals surface area (Å²) < 4.78 is 2.02. The molecule has 2 aromatic rings. The highest BCUT2D eigenvalue weighted by Crippen LogP contribution is 2.30. The van der Waals surface area contributed by atoms with Crippen LogP contribution in [0.4, 0.5) is 5.69 Å². The van der Waals surface area contributed by atoms with Gasteiger partial charge >= 0.3 is 0 Å². The molecule has 126 valence electrons. The van der Waals surface area contributed by atoms with E-state index in [2.05, 4.69) is 29.1 Å². The molecule has 0 aromatic carbocycles. The van der Waals surface area contributed by atoms with E-state index >= 15 is 0 Å². The van der Waals surface area contributed by atoms with Crippen LogP contribution in [0.15, 0.2) is 24.7 Å². The fourth-order valence-corrected chi connectivity index (χ4v) is 3.93. The molecule has 0 saturated heterocycles. The molecule has 1 atom stereocenters. The summed E-state index contributed by atoms with van der Waals surface area (Å²) in [6.45, 7) is 2.68. The molecule has 2 aliphatic heterocycles. The van der Waals surface area contributed by atoms with Crippen LogP contribution >= 0.6 is 0 Å². The Balaban J connectivity index is 1.60. The van der Waals surface area contributed by atoms with Crippen molar-refractivity contribution in [2.45, 2.75) is 25.8 Å². The molecule has 4 heterocycles.